The monoisotopic (exact) mass is 300 g/mol. The van der Waals surface area contributed by atoms with Crippen molar-refractivity contribution >= 4 is 23.9 Å². The lowest BCUT2D eigenvalue weighted by Gasteiger charge is -2.53. The Morgan fingerprint density at radius 2 is 1.43 bits per heavy atom. The molecule has 0 radical (unpaired) electrons. The summed E-state index contributed by atoms with van der Waals surface area (Å²) in [5.41, 5.74) is -3.75. The summed E-state index contributed by atoms with van der Waals surface area (Å²) < 4.78 is 0. The van der Waals surface area contributed by atoms with Crippen LogP contribution in [0.5, 0.6) is 0 Å². The summed E-state index contributed by atoms with van der Waals surface area (Å²) in [6.45, 7) is 0. The first-order valence-electron chi connectivity index (χ1n) is 6.61. The topological polar surface area (TPSA) is 149 Å². The van der Waals surface area contributed by atoms with Crippen LogP contribution in [0, 0.1) is 22.7 Å². The van der Waals surface area contributed by atoms with Gasteiger partial charge >= 0.3 is 23.9 Å². The standard InChI is InChI=1S/C13H16O8/c14-8(15)6-4-12(5-6,10(18)19)13(11(20)21)3-1-2-7(13)9(16)17/h6-7H,1-5H2,(H,14,15)(H,16,17)(H,18,19)(H,20,21). The maximum atomic E-state index is 11.8. The smallest absolute Gasteiger partial charge is 0.311 e. The minimum atomic E-state index is -1.93. The molecule has 0 aromatic rings. The van der Waals surface area contributed by atoms with E-state index in [0.717, 1.165) is 0 Å². The first-order valence-corrected chi connectivity index (χ1v) is 6.61. The molecule has 0 aromatic heterocycles. The summed E-state index contributed by atoms with van der Waals surface area (Å²) in [6, 6.07) is 0. The molecule has 0 heterocycles. The zero-order valence-electron chi connectivity index (χ0n) is 11.1. The van der Waals surface area contributed by atoms with Crippen molar-refractivity contribution in [1.29, 1.82) is 0 Å². The summed E-state index contributed by atoms with van der Waals surface area (Å²) >= 11 is 0. The highest BCUT2D eigenvalue weighted by molar-refractivity contribution is 5.93. The van der Waals surface area contributed by atoms with Crippen LogP contribution in [-0.2, 0) is 19.2 Å². The van der Waals surface area contributed by atoms with E-state index < -0.39 is 46.5 Å². The van der Waals surface area contributed by atoms with Gasteiger partial charge in [0, 0.05) is 0 Å². The van der Waals surface area contributed by atoms with Crippen LogP contribution in [-0.4, -0.2) is 44.3 Å². The van der Waals surface area contributed by atoms with E-state index in [1.807, 2.05) is 0 Å². The molecule has 0 spiro atoms. The molecule has 4 N–H and O–H groups in total. The highest BCUT2D eigenvalue weighted by Gasteiger charge is 2.73. The van der Waals surface area contributed by atoms with Gasteiger partial charge in [-0.2, -0.15) is 0 Å². The molecule has 0 aliphatic heterocycles. The van der Waals surface area contributed by atoms with Crippen molar-refractivity contribution in [3.8, 4) is 0 Å². The van der Waals surface area contributed by atoms with Gasteiger partial charge in [0.1, 0.15) is 0 Å². The number of carbonyl (C=O) groups is 4. The fourth-order valence-electron chi connectivity index (χ4n) is 4.06. The Balaban J connectivity index is 2.50. The van der Waals surface area contributed by atoms with E-state index in [4.69, 9.17) is 5.11 Å². The maximum absolute atomic E-state index is 11.8. The van der Waals surface area contributed by atoms with Crippen LogP contribution in [0.2, 0.25) is 0 Å². The largest absolute Gasteiger partial charge is 0.481 e. The van der Waals surface area contributed by atoms with Gasteiger partial charge in [0.2, 0.25) is 0 Å². The minimum absolute atomic E-state index is 0.0576. The molecule has 8 heteroatoms. The van der Waals surface area contributed by atoms with E-state index in [0.29, 0.717) is 6.42 Å². The molecule has 0 bridgehead atoms. The van der Waals surface area contributed by atoms with E-state index in [1.165, 1.54) is 0 Å². The Morgan fingerprint density at radius 3 is 1.81 bits per heavy atom. The van der Waals surface area contributed by atoms with Gasteiger partial charge in [-0.3, -0.25) is 19.2 Å². The third-order valence-electron chi connectivity index (χ3n) is 5.14. The molecule has 0 saturated heterocycles. The van der Waals surface area contributed by atoms with Crippen LogP contribution in [0.4, 0.5) is 0 Å². The first-order chi connectivity index (χ1) is 9.69. The molecule has 2 aliphatic carbocycles. The summed E-state index contributed by atoms with van der Waals surface area (Å²) in [5.74, 6) is -7.64. The molecule has 2 fully saturated rings. The second-order valence-corrected chi connectivity index (χ2v) is 5.89. The van der Waals surface area contributed by atoms with Crippen LogP contribution < -0.4 is 0 Å². The number of rotatable bonds is 5. The molecule has 8 nitrogen and oxygen atoms in total. The van der Waals surface area contributed by atoms with Gasteiger partial charge in [-0.25, -0.2) is 0 Å². The van der Waals surface area contributed by atoms with Crippen molar-refractivity contribution in [2.24, 2.45) is 22.7 Å². The Hall–Kier alpha value is -2.12. The molecule has 116 valence electrons. The van der Waals surface area contributed by atoms with Gasteiger partial charge in [0.15, 0.2) is 0 Å². The van der Waals surface area contributed by atoms with Crippen LogP contribution in [0.15, 0.2) is 0 Å². The van der Waals surface area contributed by atoms with Crippen molar-refractivity contribution in [2.45, 2.75) is 32.1 Å². The van der Waals surface area contributed by atoms with Gasteiger partial charge in [0.25, 0.3) is 0 Å². The van der Waals surface area contributed by atoms with E-state index >= 15 is 0 Å². The Morgan fingerprint density at radius 1 is 0.857 bits per heavy atom. The lowest BCUT2D eigenvalue weighted by molar-refractivity contribution is -0.201. The third-order valence-corrected chi connectivity index (χ3v) is 5.14. The van der Waals surface area contributed by atoms with Crippen molar-refractivity contribution in [3.63, 3.8) is 0 Å². The molecule has 2 atom stereocenters. The number of carboxylic acids is 4. The Kier molecular flexibility index (Phi) is 3.43. The molecule has 2 saturated carbocycles. The lowest BCUT2D eigenvalue weighted by Crippen LogP contribution is -2.62. The summed E-state index contributed by atoms with van der Waals surface area (Å²) in [7, 11) is 0. The second-order valence-electron chi connectivity index (χ2n) is 5.89. The summed E-state index contributed by atoms with van der Waals surface area (Å²) in [6.07, 6.45) is -0.343. The van der Waals surface area contributed by atoms with Crippen molar-refractivity contribution < 1.29 is 39.6 Å². The molecule has 2 aliphatic rings. The van der Waals surface area contributed by atoms with Gasteiger partial charge in [0.05, 0.1) is 22.7 Å². The number of carboxylic acid groups (broad SMARTS) is 4. The molecular weight excluding hydrogens is 284 g/mol. The fourth-order valence-corrected chi connectivity index (χ4v) is 4.06. The molecular formula is C13H16O8. The average molecular weight is 300 g/mol. The highest BCUT2D eigenvalue weighted by atomic mass is 16.4. The highest BCUT2D eigenvalue weighted by Crippen LogP contribution is 2.65. The van der Waals surface area contributed by atoms with Crippen LogP contribution in [0.25, 0.3) is 0 Å². The van der Waals surface area contributed by atoms with Crippen molar-refractivity contribution in [1.82, 2.24) is 0 Å². The van der Waals surface area contributed by atoms with Gasteiger partial charge in [-0.05, 0) is 25.7 Å². The summed E-state index contributed by atoms with van der Waals surface area (Å²) in [5, 5.41) is 37.3. The predicted octanol–water partition coefficient (Wildman–Crippen LogP) is 0.508. The first kappa shape index (κ1) is 15.3. The maximum Gasteiger partial charge on any atom is 0.311 e. The number of hydrogen-bond donors (Lipinski definition) is 4. The average Bonchev–Trinajstić information content (AvgIpc) is 2.72. The van der Waals surface area contributed by atoms with E-state index in [9.17, 15) is 34.5 Å². The van der Waals surface area contributed by atoms with Gasteiger partial charge in [-0.1, -0.05) is 6.42 Å². The quantitative estimate of drug-likeness (QED) is 0.573. The lowest BCUT2D eigenvalue weighted by atomic mass is 9.46. The number of aliphatic carboxylic acids is 4. The Labute approximate surface area is 119 Å². The summed E-state index contributed by atoms with van der Waals surface area (Å²) in [4.78, 5) is 45.8. The van der Waals surface area contributed by atoms with Crippen LogP contribution in [0.3, 0.4) is 0 Å². The molecule has 2 unspecified atom stereocenters. The Bertz CT molecular complexity index is 518. The van der Waals surface area contributed by atoms with Gasteiger partial charge < -0.3 is 20.4 Å². The SMILES string of the molecule is O=C(O)C1CC(C(=O)O)(C2(C(=O)O)CCCC2C(=O)O)C1. The molecule has 21 heavy (non-hydrogen) atoms. The normalized spacial score (nSPS) is 38.5. The van der Waals surface area contributed by atoms with E-state index in [2.05, 4.69) is 0 Å². The number of hydrogen-bond acceptors (Lipinski definition) is 4. The van der Waals surface area contributed by atoms with Crippen LogP contribution >= 0.6 is 0 Å². The molecule has 0 amide bonds. The second kappa shape index (κ2) is 4.71. The minimum Gasteiger partial charge on any atom is -0.481 e. The predicted molar refractivity (Wildman–Crippen MR) is 65.5 cm³/mol. The molecule has 0 aromatic carbocycles. The van der Waals surface area contributed by atoms with E-state index in [1.54, 1.807) is 0 Å². The zero-order valence-corrected chi connectivity index (χ0v) is 11.1. The molecule has 2 rings (SSSR count). The fraction of sp³-hybridized carbons (Fsp3) is 0.692. The van der Waals surface area contributed by atoms with Gasteiger partial charge in [-0.15, -0.1) is 0 Å². The zero-order chi connectivity index (χ0) is 16.0. The van der Waals surface area contributed by atoms with Crippen molar-refractivity contribution in [3.05, 3.63) is 0 Å². The van der Waals surface area contributed by atoms with E-state index in [-0.39, 0.29) is 25.7 Å². The third kappa shape index (κ3) is 1.81. The van der Waals surface area contributed by atoms with Crippen LogP contribution in [0.1, 0.15) is 32.1 Å². The van der Waals surface area contributed by atoms with Crippen molar-refractivity contribution in [2.75, 3.05) is 0 Å².